The molecule has 2 atom stereocenters. The van der Waals surface area contributed by atoms with Gasteiger partial charge >= 0.3 is 0 Å². The van der Waals surface area contributed by atoms with Crippen LogP contribution in [0.4, 0.5) is 0 Å². The van der Waals surface area contributed by atoms with Crippen LogP contribution in [0.15, 0.2) is 30.3 Å². The van der Waals surface area contributed by atoms with Gasteiger partial charge in [-0.1, -0.05) is 30.3 Å². The van der Waals surface area contributed by atoms with Crippen LogP contribution in [0, 0.1) is 0 Å². The average molecular weight is 254 g/mol. The van der Waals surface area contributed by atoms with E-state index in [1.165, 1.54) is 0 Å². The van der Waals surface area contributed by atoms with Gasteiger partial charge in [-0.25, -0.2) is 0 Å². The third kappa shape index (κ3) is 5.60. The Morgan fingerprint density at radius 2 is 2.06 bits per heavy atom. The molecule has 1 aromatic rings. The fourth-order valence-corrected chi connectivity index (χ4v) is 2.32. The van der Waals surface area contributed by atoms with E-state index in [1.807, 2.05) is 30.3 Å². The number of amides is 1. The molecule has 0 aliphatic rings. The first-order valence-electron chi connectivity index (χ1n) is 5.52. The van der Waals surface area contributed by atoms with Crippen molar-refractivity contribution >= 4 is 16.7 Å². The standard InChI is InChI=1S/C12H18N2O2S/c1-10(13)12(15)14-7-8-17(16)9-11-5-3-2-4-6-11/h2-6,10H,7-9,13H2,1H3,(H,14,15)/t10-,17?/m0/s1. The summed E-state index contributed by atoms with van der Waals surface area (Å²) in [5.41, 5.74) is 6.43. The van der Waals surface area contributed by atoms with E-state index in [-0.39, 0.29) is 5.91 Å². The minimum atomic E-state index is -0.956. The normalized spacial score (nSPS) is 14.0. The molecule has 0 fully saturated rings. The summed E-state index contributed by atoms with van der Waals surface area (Å²) in [5, 5.41) is 2.64. The number of carbonyl (C=O) groups is 1. The van der Waals surface area contributed by atoms with Crippen molar-refractivity contribution in [1.29, 1.82) is 0 Å². The Morgan fingerprint density at radius 3 is 2.65 bits per heavy atom. The first-order chi connectivity index (χ1) is 8.09. The zero-order valence-electron chi connectivity index (χ0n) is 9.89. The smallest absolute Gasteiger partial charge is 0.236 e. The molecule has 1 rings (SSSR count). The van der Waals surface area contributed by atoms with Gasteiger partial charge in [0.05, 0.1) is 6.04 Å². The van der Waals surface area contributed by atoms with E-state index in [4.69, 9.17) is 5.73 Å². The van der Waals surface area contributed by atoms with Gasteiger partial charge < -0.3 is 11.1 Å². The molecule has 1 amide bonds. The molecule has 3 N–H and O–H groups in total. The molecule has 5 heteroatoms. The van der Waals surface area contributed by atoms with Crippen LogP contribution < -0.4 is 11.1 Å². The van der Waals surface area contributed by atoms with Crippen LogP contribution in [0.25, 0.3) is 0 Å². The van der Waals surface area contributed by atoms with Gasteiger partial charge in [0.2, 0.25) is 5.91 Å². The fourth-order valence-electron chi connectivity index (χ4n) is 1.28. The molecule has 0 saturated heterocycles. The number of nitrogens with one attached hydrogen (secondary N) is 1. The number of benzene rings is 1. The van der Waals surface area contributed by atoms with Gasteiger partial charge in [0, 0.05) is 28.9 Å². The molecule has 17 heavy (non-hydrogen) atoms. The van der Waals surface area contributed by atoms with Crippen LogP contribution >= 0.6 is 0 Å². The number of nitrogens with two attached hydrogens (primary N) is 1. The van der Waals surface area contributed by atoms with E-state index < -0.39 is 16.8 Å². The van der Waals surface area contributed by atoms with Crippen molar-refractivity contribution in [2.24, 2.45) is 5.73 Å². The highest BCUT2D eigenvalue weighted by atomic mass is 32.2. The zero-order chi connectivity index (χ0) is 12.7. The lowest BCUT2D eigenvalue weighted by atomic mass is 10.2. The predicted octanol–water partition coefficient (Wildman–Crippen LogP) is 0.399. The Labute approximate surface area is 104 Å². The molecule has 0 radical (unpaired) electrons. The van der Waals surface area contributed by atoms with Crippen LogP contribution in [0.5, 0.6) is 0 Å². The Hall–Kier alpha value is -1.20. The van der Waals surface area contributed by atoms with Gasteiger partial charge in [-0.05, 0) is 12.5 Å². The largest absolute Gasteiger partial charge is 0.354 e. The van der Waals surface area contributed by atoms with Crippen molar-refractivity contribution in [3.8, 4) is 0 Å². The van der Waals surface area contributed by atoms with Gasteiger partial charge in [-0.3, -0.25) is 9.00 Å². The van der Waals surface area contributed by atoms with Crippen molar-refractivity contribution in [3.63, 3.8) is 0 Å². The molecule has 0 saturated carbocycles. The van der Waals surface area contributed by atoms with Gasteiger partial charge in [0.1, 0.15) is 0 Å². The van der Waals surface area contributed by atoms with Crippen LogP contribution in [0.1, 0.15) is 12.5 Å². The molecule has 0 aliphatic carbocycles. The highest BCUT2D eigenvalue weighted by Gasteiger charge is 2.07. The number of hydrogen-bond donors (Lipinski definition) is 2. The lowest BCUT2D eigenvalue weighted by Gasteiger charge is -2.07. The van der Waals surface area contributed by atoms with Crippen molar-refractivity contribution in [2.75, 3.05) is 12.3 Å². The summed E-state index contributed by atoms with van der Waals surface area (Å²) < 4.78 is 11.7. The summed E-state index contributed by atoms with van der Waals surface area (Å²) in [7, 11) is -0.956. The molecule has 0 heterocycles. The molecule has 4 nitrogen and oxygen atoms in total. The van der Waals surface area contributed by atoms with Crippen molar-refractivity contribution < 1.29 is 9.00 Å². The van der Waals surface area contributed by atoms with E-state index in [2.05, 4.69) is 5.32 Å². The maximum Gasteiger partial charge on any atom is 0.236 e. The molecule has 0 spiro atoms. The maximum absolute atomic E-state index is 11.7. The minimum Gasteiger partial charge on any atom is -0.354 e. The Bertz CT molecular complexity index is 379. The monoisotopic (exact) mass is 254 g/mol. The summed E-state index contributed by atoms with van der Waals surface area (Å²) in [6, 6.07) is 9.14. The Kier molecular flexibility index (Phi) is 5.86. The molecule has 0 aromatic heterocycles. The molecular formula is C12H18N2O2S. The lowest BCUT2D eigenvalue weighted by molar-refractivity contribution is -0.121. The van der Waals surface area contributed by atoms with E-state index in [0.717, 1.165) is 5.56 Å². The van der Waals surface area contributed by atoms with Crippen LogP contribution in [-0.4, -0.2) is 28.5 Å². The summed E-state index contributed by atoms with van der Waals surface area (Å²) in [4.78, 5) is 11.1. The molecule has 0 bridgehead atoms. The lowest BCUT2D eigenvalue weighted by Crippen LogP contribution is -2.39. The number of carbonyl (C=O) groups excluding carboxylic acids is 1. The summed E-state index contributed by atoms with van der Waals surface area (Å²) in [5.74, 6) is 0.768. The van der Waals surface area contributed by atoms with Gasteiger partial charge in [0.15, 0.2) is 0 Å². The van der Waals surface area contributed by atoms with Crippen molar-refractivity contribution in [2.45, 2.75) is 18.7 Å². The van der Waals surface area contributed by atoms with Gasteiger partial charge in [-0.15, -0.1) is 0 Å². The summed E-state index contributed by atoms with van der Waals surface area (Å²) in [6.07, 6.45) is 0. The molecule has 1 unspecified atom stereocenters. The van der Waals surface area contributed by atoms with Crippen molar-refractivity contribution in [3.05, 3.63) is 35.9 Å². The van der Waals surface area contributed by atoms with Crippen LogP contribution in [-0.2, 0) is 21.3 Å². The second-order valence-corrected chi connectivity index (χ2v) is 5.43. The highest BCUT2D eigenvalue weighted by molar-refractivity contribution is 7.84. The quantitative estimate of drug-likeness (QED) is 0.772. The second-order valence-electron chi connectivity index (χ2n) is 3.85. The first kappa shape index (κ1) is 13.9. The van der Waals surface area contributed by atoms with Gasteiger partial charge in [0.25, 0.3) is 0 Å². The predicted molar refractivity (Wildman–Crippen MR) is 69.8 cm³/mol. The van der Waals surface area contributed by atoms with E-state index in [0.29, 0.717) is 18.1 Å². The molecular weight excluding hydrogens is 236 g/mol. The highest BCUT2D eigenvalue weighted by Crippen LogP contribution is 2.02. The minimum absolute atomic E-state index is 0.207. The van der Waals surface area contributed by atoms with Gasteiger partial charge in [-0.2, -0.15) is 0 Å². The van der Waals surface area contributed by atoms with Crippen LogP contribution in [0.2, 0.25) is 0 Å². The third-order valence-corrected chi connectivity index (χ3v) is 3.53. The van der Waals surface area contributed by atoms with E-state index in [1.54, 1.807) is 6.92 Å². The first-order valence-corrected chi connectivity index (χ1v) is 7.00. The number of rotatable bonds is 6. The average Bonchev–Trinajstić information content (AvgIpc) is 2.30. The molecule has 0 aliphatic heterocycles. The molecule has 1 aromatic carbocycles. The second kappa shape index (κ2) is 7.19. The van der Waals surface area contributed by atoms with E-state index >= 15 is 0 Å². The van der Waals surface area contributed by atoms with E-state index in [9.17, 15) is 9.00 Å². The SMILES string of the molecule is C[C@H](N)C(=O)NCCS(=O)Cc1ccccc1. The summed E-state index contributed by atoms with van der Waals surface area (Å²) in [6.45, 7) is 2.02. The Morgan fingerprint density at radius 1 is 1.41 bits per heavy atom. The number of hydrogen-bond acceptors (Lipinski definition) is 3. The summed E-state index contributed by atoms with van der Waals surface area (Å²) >= 11 is 0. The zero-order valence-corrected chi connectivity index (χ0v) is 10.7. The maximum atomic E-state index is 11.7. The van der Waals surface area contributed by atoms with Crippen molar-refractivity contribution in [1.82, 2.24) is 5.32 Å². The Balaban J connectivity index is 2.25. The van der Waals surface area contributed by atoms with Crippen LogP contribution in [0.3, 0.4) is 0 Å². The fraction of sp³-hybridized carbons (Fsp3) is 0.417. The topological polar surface area (TPSA) is 72.2 Å². The third-order valence-electron chi connectivity index (χ3n) is 2.21. The molecule has 94 valence electrons.